The second-order valence-corrected chi connectivity index (χ2v) is 4.17. The summed E-state index contributed by atoms with van der Waals surface area (Å²) < 4.78 is 0. The van der Waals surface area contributed by atoms with Crippen molar-refractivity contribution in [3.05, 3.63) is 45.7 Å². The van der Waals surface area contributed by atoms with Gasteiger partial charge in [-0.15, -0.1) is 0 Å². The van der Waals surface area contributed by atoms with Crippen LogP contribution in [-0.2, 0) is 6.42 Å². The maximum atomic E-state index is 11.7. The van der Waals surface area contributed by atoms with Gasteiger partial charge in [-0.05, 0) is 36.4 Å². The predicted octanol–water partition coefficient (Wildman–Crippen LogP) is 2.72. The van der Waals surface area contributed by atoms with Crippen molar-refractivity contribution in [2.75, 3.05) is 0 Å². The molecule has 0 amide bonds. The number of aryl methyl sites for hydroxylation is 1. The lowest BCUT2D eigenvalue weighted by Crippen LogP contribution is -2.11. The second kappa shape index (κ2) is 4.42. The molecule has 0 aliphatic rings. The van der Waals surface area contributed by atoms with Gasteiger partial charge in [-0.1, -0.05) is 19.1 Å². The summed E-state index contributed by atoms with van der Waals surface area (Å²) in [5.74, 6) is -0.159. The van der Waals surface area contributed by atoms with E-state index < -0.39 is 0 Å². The minimum absolute atomic E-state index is 0.0400. The number of hydrogen-bond acceptors (Lipinski definition) is 2. The topological polar surface area (TPSA) is 56.6 Å². The van der Waals surface area contributed by atoms with Crippen LogP contribution in [0.1, 0.15) is 30.9 Å². The molecule has 1 N–H and O–H groups in total. The van der Waals surface area contributed by atoms with E-state index in [9.17, 15) is 4.79 Å². The van der Waals surface area contributed by atoms with Crippen LogP contribution in [0.4, 0.5) is 0 Å². The molecular formula is C14H14N2O. The fraction of sp³-hybridized carbons (Fsp3) is 0.286. The van der Waals surface area contributed by atoms with Gasteiger partial charge in [0.25, 0.3) is 5.56 Å². The molecule has 1 aromatic heterocycles. The fourth-order valence-corrected chi connectivity index (χ4v) is 1.87. The number of pyridine rings is 1. The van der Waals surface area contributed by atoms with Crippen molar-refractivity contribution in [3.63, 3.8) is 0 Å². The Morgan fingerprint density at radius 2 is 2.18 bits per heavy atom. The van der Waals surface area contributed by atoms with Crippen LogP contribution in [0.15, 0.2) is 29.1 Å². The van der Waals surface area contributed by atoms with Gasteiger partial charge >= 0.3 is 0 Å². The number of nitrogens with one attached hydrogen (secondary N) is 1. The molecule has 0 aliphatic carbocycles. The second-order valence-electron chi connectivity index (χ2n) is 4.17. The van der Waals surface area contributed by atoms with E-state index in [1.807, 2.05) is 38.1 Å². The molecule has 2 aromatic rings. The Balaban J connectivity index is 2.64. The van der Waals surface area contributed by atoms with Crippen molar-refractivity contribution in [1.82, 2.24) is 4.98 Å². The molecule has 0 saturated heterocycles. The van der Waals surface area contributed by atoms with Crippen LogP contribution < -0.4 is 5.56 Å². The van der Waals surface area contributed by atoms with E-state index in [0.29, 0.717) is 0 Å². The summed E-state index contributed by atoms with van der Waals surface area (Å²) in [6.45, 7) is 3.81. The average Bonchev–Trinajstić information content (AvgIpc) is 2.36. The number of fused-ring (bicyclic) bond motifs is 1. The molecule has 1 heterocycles. The molecule has 0 saturated carbocycles. The molecule has 2 rings (SSSR count). The lowest BCUT2D eigenvalue weighted by molar-refractivity contribution is 0.982. The third-order valence-corrected chi connectivity index (χ3v) is 3.02. The van der Waals surface area contributed by atoms with Crippen LogP contribution in [-0.4, -0.2) is 4.98 Å². The van der Waals surface area contributed by atoms with E-state index in [1.54, 1.807) is 0 Å². The zero-order valence-electron chi connectivity index (χ0n) is 9.95. The first kappa shape index (κ1) is 11.4. The van der Waals surface area contributed by atoms with Gasteiger partial charge in [0.1, 0.15) is 0 Å². The molecule has 0 aliphatic heterocycles. The molecule has 1 atom stereocenters. The summed E-state index contributed by atoms with van der Waals surface area (Å²) in [5.41, 5.74) is 2.48. The zero-order chi connectivity index (χ0) is 12.4. The van der Waals surface area contributed by atoms with Gasteiger partial charge < -0.3 is 4.98 Å². The lowest BCUT2D eigenvalue weighted by atomic mass is 10.0. The van der Waals surface area contributed by atoms with E-state index in [0.717, 1.165) is 28.5 Å². The van der Waals surface area contributed by atoms with Crippen LogP contribution in [0, 0.1) is 11.3 Å². The molecular weight excluding hydrogens is 212 g/mol. The summed E-state index contributed by atoms with van der Waals surface area (Å²) in [5, 5.41) is 9.88. The number of hydrogen-bond donors (Lipinski definition) is 1. The number of aromatic nitrogens is 1. The molecule has 0 fully saturated rings. The lowest BCUT2D eigenvalue weighted by Gasteiger charge is -2.06. The van der Waals surface area contributed by atoms with Gasteiger partial charge in [0, 0.05) is 11.1 Å². The largest absolute Gasteiger partial charge is 0.322 e. The Hall–Kier alpha value is -2.08. The third kappa shape index (κ3) is 2.07. The Morgan fingerprint density at radius 3 is 2.82 bits per heavy atom. The van der Waals surface area contributed by atoms with E-state index in [-0.39, 0.29) is 11.5 Å². The SMILES string of the molecule is CCc1cc2ccc(C(C)C#N)cc2[nH]c1=O. The minimum atomic E-state index is -0.159. The monoisotopic (exact) mass is 226 g/mol. The quantitative estimate of drug-likeness (QED) is 0.855. The first-order valence-electron chi connectivity index (χ1n) is 5.71. The van der Waals surface area contributed by atoms with E-state index in [4.69, 9.17) is 5.26 Å². The van der Waals surface area contributed by atoms with Crippen molar-refractivity contribution in [3.8, 4) is 6.07 Å². The molecule has 1 aromatic carbocycles. The minimum Gasteiger partial charge on any atom is -0.322 e. The van der Waals surface area contributed by atoms with Gasteiger partial charge in [-0.2, -0.15) is 5.26 Å². The Kier molecular flexibility index (Phi) is 2.97. The highest BCUT2D eigenvalue weighted by Crippen LogP contribution is 2.19. The Bertz CT molecular complexity index is 649. The van der Waals surface area contributed by atoms with Gasteiger partial charge in [-0.25, -0.2) is 0 Å². The van der Waals surface area contributed by atoms with Crippen molar-refractivity contribution >= 4 is 10.9 Å². The van der Waals surface area contributed by atoms with Crippen molar-refractivity contribution in [2.45, 2.75) is 26.2 Å². The normalized spacial score (nSPS) is 12.3. The van der Waals surface area contributed by atoms with Crippen LogP contribution >= 0.6 is 0 Å². The van der Waals surface area contributed by atoms with Crippen molar-refractivity contribution in [1.29, 1.82) is 5.26 Å². The van der Waals surface area contributed by atoms with Gasteiger partial charge in [-0.3, -0.25) is 4.79 Å². The number of nitrogens with zero attached hydrogens (tertiary/aromatic N) is 1. The maximum absolute atomic E-state index is 11.7. The predicted molar refractivity (Wildman–Crippen MR) is 68.0 cm³/mol. The fourth-order valence-electron chi connectivity index (χ4n) is 1.87. The molecule has 17 heavy (non-hydrogen) atoms. The van der Waals surface area contributed by atoms with E-state index >= 15 is 0 Å². The number of rotatable bonds is 2. The smallest absolute Gasteiger partial charge is 0.251 e. The summed E-state index contributed by atoms with van der Waals surface area (Å²) in [4.78, 5) is 14.6. The van der Waals surface area contributed by atoms with Crippen LogP contribution in [0.25, 0.3) is 10.9 Å². The molecule has 86 valence electrons. The molecule has 0 spiro atoms. The van der Waals surface area contributed by atoms with Gasteiger partial charge in [0.15, 0.2) is 0 Å². The first-order valence-corrected chi connectivity index (χ1v) is 5.71. The molecule has 1 unspecified atom stereocenters. The average molecular weight is 226 g/mol. The van der Waals surface area contributed by atoms with Gasteiger partial charge in [0.05, 0.1) is 12.0 Å². The first-order chi connectivity index (χ1) is 8.15. The summed E-state index contributed by atoms with van der Waals surface area (Å²) in [7, 11) is 0. The van der Waals surface area contributed by atoms with E-state index in [1.165, 1.54) is 0 Å². The van der Waals surface area contributed by atoms with Crippen molar-refractivity contribution < 1.29 is 0 Å². The standard InChI is InChI=1S/C14H14N2O/c1-3-10-6-12-5-4-11(9(2)8-15)7-13(12)16-14(10)17/h4-7,9H,3H2,1-2H3,(H,16,17). The van der Waals surface area contributed by atoms with Crippen LogP contribution in [0.5, 0.6) is 0 Å². The Morgan fingerprint density at radius 1 is 1.41 bits per heavy atom. The number of aromatic amines is 1. The number of benzene rings is 1. The molecule has 3 nitrogen and oxygen atoms in total. The molecule has 3 heteroatoms. The highest BCUT2D eigenvalue weighted by Gasteiger charge is 2.06. The summed E-state index contributed by atoms with van der Waals surface area (Å²) >= 11 is 0. The maximum Gasteiger partial charge on any atom is 0.251 e. The van der Waals surface area contributed by atoms with Gasteiger partial charge in [0.2, 0.25) is 0 Å². The highest BCUT2D eigenvalue weighted by atomic mass is 16.1. The van der Waals surface area contributed by atoms with Crippen molar-refractivity contribution in [2.24, 2.45) is 0 Å². The Labute approximate surface area is 99.7 Å². The van der Waals surface area contributed by atoms with E-state index in [2.05, 4.69) is 11.1 Å². The summed E-state index contributed by atoms with van der Waals surface area (Å²) in [6.07, 6.45) is 0.724. The number of nitriles is 1. The zero-order valence-corrected chi connectivity index (χ0v) is 9.95. The number of H-pyrrole nitrogens is 1. The third-order valence-electron chi connectivity index (χ3n) is 3.02. The van der Waals surface area contributed by atoms with Crippen LogP contribution in [0.2, 0.25) is 0 Å². The summed E-state index contributed by atoms with van der Waals surface area (Å²) in [6, 6.07) is 9.87. The molecule has 0 bridgehead atoms. The van der Waals surface area contributed by atoms with Crippen LogP contribution in [0.3, 0.4) is 0 Å². The molecule has 0 radical (unpaired) electrons. The highest BCUT2D eigenvalue weighted by molar-refractivity contribution is 5.79.